The molecule has 0 bridgehead atoms. The second kappa shape index (κ2) is 2.30. The Morgan fingerprint density at radius 3 is 2.00 bits per heavy atom. The van der Waals surface area contributed by atoms with Gasteiger partial charge in [0.2, 0.25) is 5.95 Å². The first-order valence-corrected chi connectivity index (χ1v) is 4.95. The number of hydrogen-bond donors (Lipinski definition) is 1. The number of aromatic nitrogens is 3. The van der Waals surface area contributed by atoms with Gasteiger partial charge >= 0.3 is 0 Å². The summed E-state index contributed by atoms with van der Waals surface area (Å²) in [6, 6.07) is 0. The molecule has 0 amide bonds. The second-order valence-corrected chi connectivity index (χ2v) is 5.33. The molecule has 1 heterocycles. The average molecular weight is 194 g/mol. The van der Waals surface area contributed by atoms with Crippen molar-refractivity contribution in [2.75, 3.05) is 5.73 Å². The zero-order chi connectivity index (χ0) is 10.7. The van der Waals surface area contributed by atoms with Crippen LogP contribution >= 0.6 is 0 Å². The molecule has 0 saturated heterocycles. The molecular weight excluding hydrogens is 176 g/mol. The van der Waals surface area contributed by atoms with Gasteiger partial charge in [-0.15, -0.1) is 0 Å². The first-order chi connectivity index (χ1) is 6.28. The summed E-state index contributed by atoms with van der Waals surface area (Å²) in [5.74, 6) is 1.82. The Morgan fingerprint density at radius 1 is 1.21 bits per heavy atom. The van der Waals surface area contributed by atoms with Crippen LogP contribution in [0.1, 0.15) is 39.4 Å². The van der Waals surface area contributed by atoms with E-state index in [0.29, 0.717) is 11.9 Å². The van der Waals surface area contributed by atoms with Gasteiger partial charge < -0.3 is 5.73 Å². The third-order valence-electron chi connectivity index (χ3n) is 4.09. The molecule has 0 unspecified atom stereocenters. The van der Waals surface area contributed by atoms with Crippen LogP contribution in [0.25, 0.3) is 0 Å². The SMILES string of the molecule is Cn1nc(C2C(C)(C)C2(C)C)nc1N. The van der Waals surface area contributed by atoms with Gasteiger partial charge in [-0.05, 0) is 10.8 Å². The minimum absolute atomic E-state index is 0.279. The van der Waals surface area contributed by atoms with Gasteiger partial charge in [-0.25, -0.2) is 4.68 Å². The largest absolute Gasteiger partial charge is 0.368 e. The Bertz CT molecular complexity index is 342. The van der Waals surface area contributed by atoms with E-state index < -0.39 is 0 Å². The minimum Gasteiger partial charge on any atom is -0.368 e. The van der Waals surface area contributed by atoms with E-state index in [1.54, 1.807) is 4.68 Å². The number of nitrogen functional groups attached to an aromatic ring is 1. The van der Waals surface area contributed by atoms with Crippen LogP contribution in [0.15, 0.2) is 0 Å². The van der Waals surface area contributed by atoms with Crippen LogP contribution in [-0.4, -0.2) is 14.8 Å². The van der Waals surface area contributed by atoms with Crippen molar-refractivity contribution >= 4 is 5.95 Å². The third kappa shape index (κ3) is 0.938. The highest BCUT2D eigenvalue weighted by Gasteiger charge is 2.67. The van der Waals surface area contributed by atoms with Crippen LogP contribution in [0, 0.1) is 10.8 Å². The fraction of sp³-hybridized carbons (Fsp3) is 0.800. The van der Waals surface area contributed by atoms with Gasteiger partial charge in [-0.1, -0.05) is 27.7 Å². The van der Waals surface area contributed by atoms with Crippen molar-refractivity contribution in [2.45, 2.75) is 33.6 Å². The van der Waals surface area contributed by atoms with Gasteiger partial charge in [0.1, 0.15) is 0 Å². The Morgan fingerprint density at radius 2 is 1.71 bits per heavy atom. The van der Waals surface area contributed by atoms with Gasteiger partial charge in [0.15, 0.2) is 5.82 Å². The van der Waals surface area contributed by atoms with Gasteiger partial charge in [-0.3, -0.25) is 0 Å². The van der Waals surface area contributed by atoms with Crippen LogP contribution in [0.4, 0.5) is 5.95 Å². The maximum atomic E-state index is 5.67. The van der Waals surface area contributed by atoms with Gasteiger partial charge in [0, 0.05) is 13.0 Å². The van der Waals surface area contributed by atoms with Crippen molar-refractivity contribution < 1.29 is 0 Å². The number of aryl methyl sites for hydroxylation is 1. The lowest BCUT2D eigenvalue weighted by Gasteiger charge is -2.03. The van der Waals surface area contributed by atoms with Crippen LogP contribution in [-0.2, 0) is 7.05 Å². The summed E-state index contributed by atoms with van der Waals surface area (Å²) in [5, 5.41) is 4.34. The highest BCUT2D eigenvalue weighted by Crippen LogP contribution is 2.72. The predicted octanol–water partition coefficient (Wildman–Crippen LogP) is 1.55. The summed E-state index contributed by atoms with van der Waals surface area (Å²) in [4.78, 5) is 4.29. The molecule has 0 atom stereocenters. The number of nitrogens with two attached hydrogens (primary N) is 1. The molecule has 1 saturated carbocycles. The first-order valence-electron chi connectivity index (χ1n) is 4.95. The quantitative estimate of drug-likeness (QED) is 0.738. The van der Waals surface area contributed by atoms with E-state index in [2.05, 4.69) is 37.8 Å². The molecule has 1 fully saturated rings. The molecule has 1 aromatic rings. The number of nitrogens with zero attached hydrogens (tertiary/aromatic N) is 3. The molecule has 0 spiro atoms. The Kier molecular flexibility index (Phi) is 1.56. The highest BCUT2D eigenvalue weighted by atomic mass is 15.4. The summed E-state index contributed by atoms with van der Waals surface area (Å²) < 4.78 is 1.64. The summed E-state index contributed by atoms with van der Waals surface area (Å²) in [6.07, 6.45) is 0. The van der Waals surface area contributed by atoms with Crippen LogP contribution in [0.5, 0.6) is 0 Å². The van der Waals surface area contributed by atoms with Crippen LogP contribution in [0.2, 0.25) is 0 Å². The second-order valence-electron chi connectivity index (χ2n) is 5.33. The lowest BCUT2D eigenvalue weighted by molar-refractivity contribution is 0.457. The third-order valence-corrected chi connectivity index (χ3v) is 4.09. The molecule has 1 aliphatic carbocycles. The van der Waals surface area contributed by atoms with Crippen molar-refractivity contribution in [3.05, 3.63) is 5.82 Å². The zero-order valence-electron chi connectivity index (χ0n) is 9.50. The van der Waals surface area contributed by atoms with E-state index in [9.17, 15) is 0 Å². The number of anilines is 1. The monoisotopic (exact) mass is 194 g/mol. The van der Waals surface area contributed by atoms with Crippen molar-refractivity contribution in [3.8, 4) is 0 Å². The van der Waals surface area contributed by atoms with Crippen molar-refractivity contribution in [3.63, 3.8) is 0 Å². The number of hydrogen-bond acceptors (Lipinski definition) is 3. The van der Waals surface area contributed by atoms with Gasteiger partial charge in [-0.2, -0.15) is 10.1 Å². The molecule has 78 valence electrons. The summed E-state index contributed by atoms with van der Waals surface area (Å²) >= 11 is 0. The summed E-state index contributed by atoms with van der Waals surface area (Å²) in [5.41, 5.74) is 6.23. The maximum absolute atomic E-state index is 5.67. The lowest BCUT2D eigenvalue weighted by Crippen LogP contribution is -1.97. The molecule has 14 heavy (non-hydrogen) atoms. The fourth-order valence-electron chi connectivity index (χ4n) is 2.38. The summed E-state index contributed by atoms with van der Waals surface area (Å²) in [6.45, 7) is 9.02. The predicted molar refractivity (Wildman–Crippen MR) is 55.7 cm³/mol. The smallest absolute Gasteiger partial charge is 0.218 e. The molecule has 2 N–H and O–H groups in total. The lowest BCUT2D eigenvalue weighted by atomic mass is 10.0. The number of rotatable bonds is 1. The van der Waals surface area contributed by atoms with Crippen molar-refractivity contribution in [2.24, 2.45) is 17.9 Å². The van der Waals surface area contributed by atoms with E-state index in [1.807, 2.05) is 7.05 Å². The topological polar surface area (TPSA) is 56.7 Å². The fourth-order valence-corrected chi connectivity index (χ4v) is 2.38. The standard InChI is InChI=1S/C10H18N4/c1-9(2)6(10(9,3)4)7-12-8(11)14(5)13-7/h6H,1-5H3,(H2,11,12,13). The van der Waals surface area contributed by atoms with E-state index >= 15 is 0 Å². The molecule has 1 aliphatic rings. The summed E-state index contributed by atoms with van der Waals surface area (Å²) in [7, 11) is 1.83. The molecule has 0 aromatic carbocycles. The highest BCUT2D eigenvalue weighted by molar-refractivity contribution is 5.29. The van der Waals surface area contributed by atoms with Gasteiger partial charge in [0.05, 0.1) is 0 Å². The first kappa shape index (κ1) is 9.49. The molecular formula is C10H18N4. The molecule has 0 aliphatic heterocycles. The van der Waals surface area contributed by atoms with Gasteiger partial charge in [0.25, 0.3) is 0 Å². The van der Waals surface area contributed by atoms with E-state index in [1.165, 1.54) is 0 Å². The molecule has 4 heteroatoms. The maximum Gasteiger partial charge on any atom is 0.218 e. The van der Waals surface area contributed by atoms with E-state index in [-0.39, 0.29) is 10.8 Å². The Hall–Kier alpha value is -1.06. The molecule has 4 nitrogen and oxygen atoms in total. The van der Waals surface area contributed by atoms with E-state index in [0.717, 1.165) is 5.82 Å². The Balaban J connectivity index is 2.36. The normalized spacial score (nSPS) is 23.8. The van der Waals surface area contributed by atoms with Crippen molar-refractivity contribution in [1.29, 1.82) is 0 Å². The minimum atomic E-state index is 0.279. The van der Waals surface area contributed by atoms with Crippen LogP contribution in [0.3, 0.4) is 0 Å². The molecule has 1 aromatic heterocycles. The Labute approximate surface area is 84.5 Å². The van der Waals surface area contributed by atoms with Crippen molar-refractivity contribution in [1.82, 2.24) is 14.8 Å². The zero-order valence-corrected chi connectivity index (χ0v) is 9.50. The molecule has 2 rings (SSSR count). The molecule has 0 radical (unpaired) electrons. The van der Waals surface area contributed by atoms with Crippen LogP contribution < -0.4 is 5.73 Å². The van der Waals surface area contributed by atoms with E-state index in [4.69, 9.17) is 5.73 Å². The average Bonchev–Trinajstić information content (AvgIpc) is 2.31.